The van der Waals surface area contributed by atoms with Crippen molar-refractivity contribution in [1.29, 1.82) is 0 Å². The first kappa shape index (κ1) is 17.6. The molecule has 1 saturated heterocycles. The number of nitrogens with zero attached hydrogens (tertiary/aromatic N) is 1. The lowest BCUT2D eigenvalue weighted by molar-refractivity contribution is -0.121. The number of anilines is 1. The third kappa shape index (κ3) is 5.13. The number of likely N-dealkylation sites (tertiary alicyclic amines) is 1. The fourth-order valence-electron chi connectivity index (χ4n) is 2.64. The summed E-state index contributed by atoms with van der Waals surface area (Å²) in [5.41, 5.74) is 0.758. The minimum Gasteiger partial charge on any atom is -0.493 e. The average molecular weight is 320 g/mol. The van der Waals surface area contributed by atoms with E-state index < -0.39 is 0 Å². The van der Waals surface area contributed by atoms with Gasteiger partial charge in [-0.25, -0.2) is 0 Å². The van der Waals surface area contributed by atoms with Crippen LogP contribution in [-0.4, -0.2) is 44.7 Å². The standard InChI is InChI=1S/C18H28N2O3/c1-13(2)12-23-17-11-15(5-6-16(17)22-4)19-18(21)14-7-9-20(3)10-8-14/h5-6,11,13-14H,7-10,12H2,1-4H3,(H,19,21). The van der Waals surface area contributed by atoms with E-state index in [1.807, 2.05) is 18.2 Å². The molecule has 0 aromatic heterocycles. The molecule has 1 fully saturated rings. The van der Waals surface area contributed by atoms with Gasteiger partial charge in [-0.1, -0.05) is 13.8 Å². The molecule has 0 aliphatic carbocycles. The molecule has 1 aliphatic rings. The van der Waals surface area contributed by atoms with Gasteiger partial charge in [-0.3, -0.25) is 4.79 Å². The maximum absolute atomic E-state index is 12.4. The van der Waals surface area contributed by atoms with Crippen molar-refractivity contribution in [3.05, 3.63) is 18.2 Å². The highest BCUT2D eigenvalue weighted by molar-refractivity contribution is 5.93. The van der Waals surface area contributed by atoms with Gasteiger partial charge in [0.15, 0.2) is 11.5 Å². The molecule has 23 heavy (non-hydrogen) atoms. The second-order valence-electron chi connectivity index (χ2n) is 6.64. The van der Waals surface area contributed by atoms with Crippen molar-refractivity contribution in [3.8, 4) is 11.5 Å². The van der Waals surface area contributed by atoms with E-state index in [9.17, 15) is 4.79 Å². The molecule has 5 heteroatoms. The molecule has 128 valence electrons. The minimum absolute atomic E-state index is 0.0911. The van der Waals surface area contributed by atoms with Crippen molar-refractivity contribution >= 4 is 11.6 Å². The molecule has 0 bridgehead atoms. The zero-order valence-corrected chi connectivity index (χ0v) is 14.6. The Bertz CT molecular complexity index is 523. The van der Waals surface area contributed by atoms with Crippen molar-refractivity contribution in [2.75, 3.05) is 39.2 Å². The Hall–Kier alpha value is -1.75. The number of ether oxygens (including phenoxy) is 2. The van der Waals surface area contributed by atoms with Gasteiger partial charge in [0, 0.05) is 17.7 Å². The smallest absolute Gasteiger partial charge is 0.227 e. The van der Waals surface area contributed by atoms with Crippen molar-refractivity contribution in [3.63, 3.8) is 0 Å². The molecule has 1 heterocycles. The van der Waals surface area contributed by atoms with Crippen LogP contribution in [0.25, 0.3) is 0 Å². The number of hydrogen-bond donors (Lipinski definition) is 1. The lowest BCUT2D eigenvalue weighted by Gasteiger charge is -2.28. The lowest BCUT2D eigenvalue weighted by atomic mass is 9.96. The van der Waals surface area contributed by atoms with Gasteiger partial charge in [0.2, 0.25) is 5.91 Å². The second kappa shape index (κ2) is 8.20. The van der Waals surface area contributed by atoms with E-state index in [0.717, 1.165) is 31.6 Å². The Balaban J connectivity index is 2.01. The third-order valence-electron chi connectivity index (χ3n) is 4.09. The molecule has 1 aromatic rings. The molecule has 1 aromatic carbocycles. The lowest BCUT2D eigenvalue weighted by Crippen LogP contribution is -2.35. The second-order valence-corrected chi connectivity index (χ2v) is 6.64. The summed E-state index contributed by atoms with van der Waals surface area (Å²) < 4.78 is 11.1. The molecule has 2 rings (SSSR count). The first-order valence-electron chi connectivity index (χ1n) is 8.30. The van der Waals surface area contributed by atoms with E-state index in [1.54, 1.807) is 7.11 Å². The van der Waals surface area contributed by atoms with Gasteiger partial charge in [-0.15, -0.1) is 0 Å². The van der Waals surface area contributed by atoms with Crippen molar-refractivity contribution in [2.45, 2.75) is 26.7 Å². The zero-order chi connectivity index (χ0) is 16.8. The summed E-state index contributed by atoms with van der Waals surface area (Å²) in [4.78, 5) is 14.7. The molecule has 1 aliphatic heterocycles. The molecule has 0 atom stereocenters. The number of amides is 1. The van der Waals surface area contributed by atoms with E-state index in [2.05, 4.69) is 31.1 Å². The van der Waals surface area contributed by atoms with Gasteiger partial charge in [-0.2, -0.15) is 0 Å². The van der Waals surface area contributed by atoms with E-state index >= 15 is 0 Å². The van der Waals surface area contributed by atoms with Gasteiger partial charge < -0.3 is 19.7 Å². The topological polar surface area (TPSA) is 50.8 Å². The van der Waals surface area contributed by atoms with Gasteiger partial charge in [0.25, 0.3) is 0 Å². The summed E-state index contributed by atoms with van der Waals surface area (Å²) in [6.07, 6.45) is 1.82. The van der Waals surface area contributed by atoms with Crippen LogP contribution in [-0.2, 0) is 4.79 Å². The predicted molar refractivity (Wildman–Crippen MR) is 92.2 cm³/mol. The van der Waals surface area contributed by atoms with Crippen LogP contribution in [0.5, 0.6) is 11.5 Å². The number of rotatable bonds is 6. The third-order valence-corrected chi connectivity index (χ3v) is 4.09. The minimum atomic E-state index is 0.0911. The molecule has 1 N–H and O–H groups in total. The Morgan fingerprint density at radius 2 is 2.00 bits per heavy atom. The number of carbonyl (C=O) groups excluding carboxylic acids is 1. The molecule has 0 unspecified atom stereocenters. The van der Waals surface area contributed by atoms with Crippen LogP contribution in [0.3, 0.4) is 0 Å². The quantitative estimate of drug-likeness (QED) is 0.875. The molecule has 1 amide bonds. The first-order chi connectivity index (χ1) is 11.0. The predicted octanol–water partition coefficient (Wildman–Crippen LogP) is 3.01. The Labute approximate surface area is 139 Å². The van der Waals surface area contributed by atoms with Gasteiger partial charge in [-0.05, 0) is 51.0 Å². The van der Waals surface area contributed by atoms with Crippen LogP contribution in [0, 0.1) is 11.8 Å². The van der Waals surface area contributed by atoms with Crippen molar-refractivity contribution in [1.82, 2.24) is 4.90 Å². The SMILES string of the molecule is COc1ccc(NC(=O)C2CCN(C)CC2)cc1OCC(C)C. The van der Waals surface area contributed by atoms with Gasteiger partial charge in [0.1, 0.15) is 0 Å². The summed E-state index contributed by atoms with van der Waals surface area (Å²) in [7, 11) is 3.71. The van der Waals surface area contributed by atoms with Crippen LogP contribution >= 0.6 is 0 Å². The van der Waals surface area contributed by atoms with Crippen LogP contribution in [0.2, 0.25) is 0 Å². The summed E-state index contributed by atoms with van der Waals surface area (Å²) in [6, 6.07) is 5.53. The van der Waals surface area contributed by atoms with E-state index in [0.29, 0.717) is 24.0 Å². The summed E-state index contributed by atoms with van der Waals surface area (Å²) in [5.74, 6) is 1.97. The molecule has 0 saturated carbocycles. The number of carbonyl (C=O) groups is 1. The molecular weight excluding hydrogens is 292 g/mol. The molecule has 5 nitrogen and oxygen atoms in total. The van der Waals surface area contributed by atoms with E-state index in [-0.39, 0.29) is 11.8 Å². The number of piperidine rings is 1. The number of hydrogen-bond acceptors (Lipinski definition) is 4. The van der Waals surface area contributed by atoms with E-state index in [1.165, 1.54) is 0 Å². The normalized spacial score (nSPS) is 16.4. The Kier molecular flexibility index (Phi) is 6.28. The highest BCUT2D eigenvalue weighted by Gasteiger charge is 2.23. The highest BCUT2D eigenvalue weighted by Crippen LogP contribution is 2.31. The maximum atomic E-state index is 12.4. The Morgan fingerprint density at radius 3 is 2.61 bits per heavy atom. The number of methoxy groups -OCH3 is 1. The molecule has 0 radical (unpaired) electrons. The molecule has 0 spiro atoms. The molecular formula is C18H28N2O3. The fraction of sp³-hybridized carbons (Fsp3) is 0.611. The highest BCUT2D eigenvalue weighted by atomic mass is 16.5. The maximum Gasteiger partial charge on any atom is 0.227 e. The largest absolute Gasteiger partial charge is 0.493 e. The Morgan fingerprint density at radius 1 is 1.30 bits per heavy atom. The van der Waals surface area contributed by atoms with Crippen molar-refractivity contribution < 1.29 is 14.3 Å². The zero-order valence-electron chi connectivity index (χ0n) is 14.6. The van der Waals surface area contributed by atoms with Gasteiger partial charge >= 0.3 is 0 Å². The summed E-state index contributed by atoms with van der Waals surface area (Å²) in [5, 5.41) is 3.01. The van der Waals surface area contributed by atoms with Crippen LogP contribution in [0.4, 0.5) is 5.69 Å². The van der Waals surface area contributed by atoms with E-state index in [4.69, 9.17) is 9.47 Å². The van der Waals surface area contributed by atoms with Gasteiger partial charge in [0.05, 0.1) is 13.7 Å². The number of benzene rings is 1. The van der Waals surface area contributed by atoms with Crippen LogP contribution in [0.1, 0.15) is 26.7 Å². The fourth-order valence-corrected chi connectivity index (χ4v) is 2.64. The van der Waals surface area contributed by atoms with Crippen LogP contribution < -0.4 is 14.8 Å². The monoisotopic (exact) mass is 320 g/mol. The average Bonchev–Trinajstić information content (AvgIpc) is 2.53. The van der Waals surface area contributed by atoms with Crippen LogP contribution in [0.15, 0.2) is 18.2 Å². The summed E-state index contributed by atoms with van der Waals surface area (Å²) in [6.45, 7) is 6.76. The number of nitrogens with one attached hydrogen (secondary N) is 1. The van der Waals surface area contributed by atoms with Crippen molar-refractivity contribution in [2.24, 2.45) is 11.8 Å². The first-order valence-corrected chi connectivity index (χ1v) is 8.30. The summed E-state index contributed by atoms with van der Waals surface area (Å²) >= 11 is 0.